The Balaban J connectivity index is 2.15. The number of nitrogens with zero attached hydrogens (tertiary/aromatic N) is 1. The lowest BCUT2D eigenvalue weighted by Gasteiger charge is -2.39. The van der Waals surface area contributed by atoms with Gasteiger partial charge < -0.3 is 5.11 Å². The van der Waals surface area contributed by atoms with E-state index in [-0.39, 0.29) is 16.9 Å². The van der Waals surface area contributed by atoms with Gasteiger partial charge in [-0.1, -0.05) is 18.5 Å². The molecule has 1 fully saturated rings. The van der Waals surface area contributed by atoms with Gasteiger partial charge in [0, 0.05) is 24.7 Å². The Hall–Kier alpha value is -0.620. The fourth-order valence-corrected chi connectivity index (χ4v) is 4.15. The normalized spacial score (nSPS) is 19.9. The predicted octanol–water partition coefficient (Wildman–Crippen LogP) is 2.51. The number of halogens is 1. The van der Waals surface area contributed by atoms with Crippen molar-refractivity contribution in [1.82, 2.24) is 4.31 Å². The van der Waals surface area contributed by atoms with Crippen LogP contribution in [0.15, 0.2) is 29.2 Å². The van der Waals surface area contributed by atoms with Gasteiger partial charge in [-0.25, -0.2) is 8.42 Å². The molecule has 0 aromatic heterocycles. The summed E-state index contributed by atoms with van der Waals surface area (Å²) in [5, 5.41) is 10.0. The number of rotatable bonds is 4. The highest BCUT2D eigenvalue weighted by Gasteiger charge is 2.36. The van der Waals surface area contributed by atoms with E-state index in [1.54, 1.807) is 12.1 Å². The molecule has 2 rings (SSSR count). The number of aliphatic hydroxyl groups excluding tert-OH is 1. The summed E-state index contributed by atoms with van der Waals surface area (Å²) < 4.78 is 26.5. The van der Waals surface area contributed by atoms with Gasteiger partial charge in [0.15, 0.2) is 0 Å². The first-order chi connectivity index (χ1) is 9.43. The summed E-state index contributed by atoms with van der Waals surface area (Å²) in [6, 6.07) is 6.24. The Morgan fingerprint density at radius 1 is 1.25 bits per heavy atom. The second kappa shape index (κ2) is 6.02. The molecule has 1 saturated heterocycles. The van der Waals surface area contributed by atoms with Crippen molar-refractivity contribution in [3.05, 3.63) is 29.3 Å². The second-order valence-corrected chi connectivity index (χ2v) is 7.74. The molecule has 1 heterocycles. The average Bonchev–Trinajstić information content (AvgIpc) is 2.47. The number of sulfonamides is 1. The molecule has 112 valence electrons. The van der Waals surface area contributed by atoms with Crippen LogP contribution in [0.5, 0.6) is 0 Å². The van der Waals surface area contributed by atoms with Crippen molar-refractivity contribution < 1.29 is 13.5 Å². The lowest BCUT2D eigenvalue weighted by molar-refractivity contribution is 0.0647. The third-order valence-electron chi connectivity index (χ3n) is 4.32. The van der Waals surface area contributed by atoms with E-state index in [4.69, 9.17) is 11.6 Å². The first-order valence-corrected chi connectivity index (χ1v) is 8.62. The van der Waals surface area contributed by atoms with Gasteiger partial charge in [-0.05, 0) is 48.9 Å². The summed E-state index contributed by atoms with van der Waals surface area (Å²) in [6.07, 6.45) is 2.28. The Morgan fingerprint density at radius 2 is 1.80 bits per heavy atom. The molecule has 4 nitrogen and oxygen atoms in total. The molecule has 1 aliphatic rings. The predicted molar refractivity (Wildman–Crippen MR) is 79.3 cm³/mol. The van der Waals surface area contributed by atoms with Gasteiger partial charge >= 0.3 is 0 Å². The van der Waals surface area contributed by atoms with E-state index in [1.807, 2.05) is 6.92 Å². The minimum atomic E-state index is -3.45. The Labute approximate surface area is 125 Å². The molecular formula is C14H20ClNO3S. The third kappa shape index (κ3) is 3.01. The van der Waals surface area contributed by atoms with Crippen LogP contribution in [-0.2, 0) is 10.0 Å². The van der Waals surface area contributed by atoms with E-state index in [0.29, 0.717) is 31.0 Å². The molecule has 0 amide bonds. The maximum absolute atomic E-state index is 12.5. The molecule has 0 spiro atoms. The fraction of sp³-hybridized carbons (Fsp3) is 0.571. The number of piperidine rings is 1. The van der Waals surface area contributed by atoms with Gasteiger partial charge in [0.2, 0.25) is 10.0 Å². The SMILES string of the molecule is CCC1(CO)CCN(S(=O)(=O)c2ccc(Cl)cc2)CC1. The smallest absolute Gasteiger partial charge is 0.243 e. The zero-order valence-electron chi connectivity index (χ0n) is 11.5. The monoisotopic (exact) mass is 317 g/mol. The van der Waals surface area contributed by atoms with E-state index in [9.17, 15) is 13.5 Å². The minimum absolute atomic E-state index is 0.119. The zero-order valence-corrected chi connectivity index (χ0v) is 13.1. The summed E-state index contributed by atoms with van der Waals surface area (Å²) in [4.78, 5) is 0.273. The van der Waals surface area contributed by atoms with Crippen molar-refractivity contribution in [3.8, 4) is 0 Å². The first-order valence-electron chi connectivity index (χ1n) is 6.80. The first kappa shape index (κ1) is 15.8. The van der Waals surface area contributed by atoms with Crippen LogP contribution in [0, 0.1) is 5.41 Å². The molecular weight excluding hydrogens is 298 g/mol. The van der Waals surface area contributed by atoms with E-state index in [0.717, 1.165) is 6.42 Å². The lowest BCUT2D eigenvalue weighted by atomic mass is 9.77. The van der Waals surface area contributed by atoms with Crippen LogP contribution >= 0.6 is 11.6 Å². The van der Waals surface area contributed by atoms with Crippen LogP contribution in [0.1, 0.15) is 26.2 Å². The van der Waals surface area contributed by atoms with Crippen LogP contribution in [0.3, 0.4) is 0 Å². The summed E-state index contributed by atoms with van der Waals surface area (Å²) in [5.74, 6) is 0. The molecule has 0 unspecified atom stereocenters. The van der Waals surface area contributed by atoms with Crippen molar-refractivity contribution >= 4 is 21.6 Å². The maximum Gasteiger partial charge on any atom is 0.243 e. The largest absolute Gasteiger partial charge is 0.396 e. The van der Waals surface area contributed by atoms with Gasteiger partial charge in [-0.3, -0.25) is 0 Å². The van der Waals surface area contributed by atoms with Gasteiger partial charge in [-0.15, -0.1) is 0 Å². The molecule has 0 atom stereocenters. The van der Waals surface area contributed by atoms with Crippen molar-refractivity contribution in [3.63, 3.8) is 0 Å². The maximum atomic E-state index is 12.5. The topological polar surface area (TPSA) is 57.6 Å². The van der Waals surface area contributed by atoms with Crippen molar-refractivity contribution in [2.45, 2.75) is 31.1 Å². The Morgan fingerprint density at radius 3 is 2.25 bits per heavy atom. The number of hydrogen-bond acceptors (Lipinski definition) is 3. The molecule has 1 N–H and O–H groups in total. The molecule has 0 aliphatic carbocycles. The fourth-order valence-electron chi connectivity index (χ4n) is 2.58. The van der Waals surface area contributed by atoms with Crippen LogP contribution in [0.4, 0.5) is 0 Å². The van der Waals surface area contributed by atoms with Crippen LogP contribution in [0.25, 0.3) is 0 Å². The highest BCUT2D eigenvalue weighted by atomic mass is 35.5. The van der Waals surface area contributed by atoms with Gasteiger partial charge in [-0.2, -0.15) is 4.31 Å². The molecule has 0 radical (unpaired) electrons. The minimum Gasteiger partial charge on any atom is -0.396 e. The Kier molecular flexibility index (Phi) is 4.74. The standard InChI is InChI=1S/C14H20ClNO3S/c1-2-14(11-17)7-9-16(10-8-14)20(18,19)13-5-3-12(15)4-6-13/h3-6,17H,2,7-11H2,1H3. The summed E-state index contributed by atoms with van der Waals surface area (Å²) in [6.45, 7) is 3.08. The van der Waals surface area contributed by atoms with Crippen LogP contribution < -0.4 is 0 Å². The quantitative estimate of drug-likeness (QED) is 0.928. The summed E-state index contributed by atoms with van der Waals surface area (Å²) in [5.41, 5.74) is -0.119. The summed E-state index contributed by atoms with van der Waals surface area (Å²) in [7, 11) is -3.45. The van der Waals surface area contributed by atoms with Crippen molar-refractivity contribution in [1.29, 1.82) is 0 Å². The molecule has 1 aromatic rings. The van der Waals surface area contributed by atoms with Crippen molar-refractivity contribution in [2.24, 2.45) is 5.41 Å². The van der Waals surface area contributed by atoms with E-state index in [1.165, 1.54) is 16.4 Å². The van der Waals surface area contributed by atoms with E-state index in [2.05, 4.69) is 0 Å². The lowest BCUT2D eigenvalue weighted by Crippen LogP contribution is -2.44. The molecule has 0 saturated carbocycles. The number of benzene rings is 1. The van der Waals surface area contributed by atoms with E-state index >= 15 is 0 Å². The average molecular weight is 318 g/mol. The molecule has 1 aliphatic heterocycles. The summed E-state index contributed by atoms with van der Waals surface area (Å²) >= 11 is 5.79. The third-order valence-corrected chi connectivity index (χ3v) is 6.48. The number of aliphatic hydroxyl groups is 1. The van der Waals surface area contributed by atoms with Gasteiger partial charge in [0.1, 0.15) is 0 Å². The zero-order chi connectivity index (χ0) is 14.8. The number of hydrogen-bond donors (Lipinski definition) is 1. The van der Waals surface area contributed by atoms with E-state index < -0.39 is 10.0 Å². The second-order valence-electron chi connectivity index (χ2n) is 5.37. The molecule has 6 heteroatoms. The molecule has 0 bridgehead atoms. The van der Waals surface area contributed by atoms with Crippen molar-refractivity contribution in [2.75, 3.05) is 19.7 Å². The molecule has 1 aromatic carbocycles. The highest BCUT2D eigenvalue weighted by Crippen LogP contribution is 2.36. The van der Waals surface area contributed by atoms with Gasteiger partial charge in [0.05, 0.1) is 4.90 Å². The van der Waals surface area contributed by atoms with Gasteiger partial charge in [0.25, 0.3) is 0 Å². The highest BCUT2D eigenvalue weighted by molar-refractivity contribution is 7.89. The molecule has 20 heavy (non-hydrogen) atoms. The van der Waals surface area contributed by atoms with Crippen LogP contribution in [0.2, 0.25) is 5.02 Å². The Bertz CT molecular complexity index is 542. The van der Waals surface area contributed by atoms with Crippen LogP contribution in [-0.4, -0.2) is 37.5 Å².